The Bertz CT molecular complexity index is 1230. The number of azo groups is 1. The van der Waals surface area contributed by atoms with E-state index in [1.165, 1.54) is 11.8 Å². The summed E-state index contributed by atoms with van der Waals surface area (Å²) in [6, 6.07) is 13.6. The first kappa shape index (κ1) is 18.9. The van der Waals surface area contributed by atoms with Crippen LogP contribution in [0, 0.1) is 0 Å². The van der Waals surface area contributed by atoms with Crippen LogP contribution in [0.1, 0.15) is 13.3 Å². The number of thioether (sulfide) groups is 1. The Morgan fingerprint density at radius 1 is 1.03 bits per heavy atom. The first-order chi connectivity index (χ1) is 14.2. The molecular formula is C20H16N4O4S. The lowest BCUT2D eigenvalue weighted by Gasteiger charge is -2.01. The fraction of sp³-hybridized carbons (Fsp3) is 0.150. The summed E-state index contributed by atoms with van der Waals surface area (Å²) in [5, 5.41) is 27.2. The minimum absolute atomic E-state index is 0.248. The third-order valence-corrected chi connectivity index (χ3v) is 5.00. The van der Waals surface area contributed by atoms with Crippen molar-refractivity contribution in [3.63, 3.8) is 0 Å². The number of aromatic hydroxyl groups is 1. The van der Waals surface area contributed by atoms with Gasteiger partial charge in [-0.25, -0.2) is 4.79 Å². The molecule has 2 heterocycles. The second-order valence-electron chi connectivity index (χ2n) is 6.05. The van der Waals surface area contributed by atoms with Gasteiger partial charge in [-0.15, -0.1) is 15.3 Å². The number of aromatic nitrogens is 2. The van der Waals surface area contributed by atoms with Gasteiger partial charge in [0.25, 0.3) is 5.22 Å². The molecule has 0 atom stereocenters. The Kier molecular flexibility index (Phi) is 5.39. The van der Waals surface area contributed by atoms with Crippen LogP contribution in [0.15, 0.2) is 77.6 Å². The maximum absolute atomic E-state index is 12.1. The predicted molar refractivity (Wildman–Crippen MR) is 109 cm³/mol. The average molecular weight is 408 g/mol. The first-order valence-electron chi connectivity index (χ1n) is 8.89. The van der Waals surface area contributed by atoms with Crippen LogP contribution in [0.4, 0.5) is 11.4 Å². The molecule has 2 aromatic heterocycles. The molecule has 0 bridgehead atoms. The topological polar surface area (TPSA) is 114 Å². The molecule has 4 rings (SSSR count). The van der Waals surface area contributed by atoms with E-state index in [2.05, 4.69) is 27.3 Å². The van der Waals surface area contributed by atoms with Crippen molar-refractivity contribution in [2.75, 3.05) is 5.75 Å². The lowest BCUT2D eigenvalue weighted by atomic mass is 10.2. The molecule has 29 heavy (non-hydrogen) atoms. The van der Waals surface area contributed by atoms with Crippen molar-refractivity contribution >= 4 is 34.1 Å². The molecule has 0 amide bonds. The van der Waals surface area contributed by atoms with E-state index in [1.54, 1.807) is 48.5 Å². The fourth-order valence-electron chi connectivity index (χ4n) is 2.56. The fourth-order valence-corrected chi connectivity index (χ4v) is 3.18. The zero-order valence-electron chi connectivity index (χ0n) is 15.4. The number of hydrogen-bond donors (Lipinski definition) is 1. The number of fused-ring (bicyclic) bond motifs is 1. The molecule has 0 fully saturated rings. The minimum atomic E-state index is -0.760. The van der Waals surface area contributed by atoms with E-state index in [9.17, 15) is 9.90 Å². The van der Waals surface area contributed by atoms with E-state index in [-0.39, 0.29) is 17.0 Å². The monoisotopic (exact) mass is 408 g/mol. The first-order valence-corrected chi connectivity index (χ1v) is 9.87. The van der Waals surface area contributed by atoms with Crippen molar-refractivity contribution in [1.29, 1.82) is 0 Å². The summed E-state index contributed by atoms with van der Waals surface area (Å²) in [5.74, 6) is 1.07. The molecule has 146 valence electrons. The van der Waals surface area contributed by atoms with Crippen LogP contribution in [-0.2, 0) is 0 Å². The van der Waals surface area contributed by atoms with E-state index in [1.807, 2.05) is 0 Å². The molecule has 8 nitrogen and oxygen atoms in total. The zero-order valence-corrected chi connectivity index (χ0v) is 16.2. The molecular weight excluding hydrogens is 392 g/mol. The Labute approximate surface area is 169 Å². The van der Waals surface area contributed by atoms with Gasteiger partial charge in [-0.3, -0.25) is 0 Å². The van der Waals surface area contributed by atoms with Crippen molar-refractivity contribution in [3.05, 3.63) is 59.0 Å². The molecule has 0 aliphatic carbocycles. The minimum Gasteiger partial charge on any atom is -0.505 e. The Morgan fingerprint density at radius 3 is 2.62 bits per heavy atom. The van der Waals surface area contributed by atoms with E-state index in [0.717, 1.165) is 17.7 Å². The van der Waals surface area contributed by atoms with Crippen molar-refractivity contribution < 1.29 is 13.9 Å². The Hall–Kier alpha value is -3.46. The van der Waals surface area contributed by atoms with Gasteiger partial charge < -0.3 is 13.9 Å². The lowest BCUT2D eigenvalue weighted by Crippen LogP contribution is -1.98. The quantitative estimate of drug-likeness (QED) is 0.256. The van der Waals surface area contributed by atoms with Crippen LogP contribution in [0.3, 0.4) is 0 Å². The van der Waals surface area contributed by atoms with Gasteiger partial charge >= 0.3 is 5.63 Å². The number of nitrogens with zero attached hydrogens (tertiary/aromatic N) is 4. The second kappa shape index (κ2) is 8.27. The van der Waals surface area contributed by atoms with Crippen LogP contribution in [0.5, 0.6) is 5.75 Å². The summed E-state index contributed by atoms with van der Waals surface area (Å²) in [6.07, 6.45) is 1.02. The second-order valence-corrected chi connectivity index (χ2v) is 7.10. The van der Waals surface area contributed by atoms with Gasteiger partial charge in [-0.2, -0.15) is 5.11 Å². The standard InChI is InChI=1S/C20H16N4O4S/c1-2-11-29-20-24-23-18(28-20)12-7-9-13(10-8-12)21-22-16-17(25)14-5-3-4-6-15(14)27-19(16)26/h3-10,25H,2,11H2,1H3. The molecule has 0 saturated carbocycles. The zero-order chi connectivity index (χ0) is 20.2. The highest BCUT2D eigenvalue weighted by Crippen LogP contribution is 2.32. The Balaban J connectivity index is 1.56. The predicted octanol–water partition coefficient (Wildman–Crippen LogP) is 5.47. The SMILES string of the molecule is CCCSc1nnc(-c2ccc(N=Nc3c(O)c4ccccc4oc3=O)cc2)o1. The molecule has 1 N–H and O–H groups in total. The van der Waals surface area contributed by atoms with Crippen molar-refractivity contribution in [2.45, 2.75) is 18.6 Å². The van der Waals surface area contributed by atoms with E-state index in [4.69, 9.17) is 8.83 Å². The molecule has 9 heteroatoms. The molecule has 0 radical (unpaired) electrons. The Morgan fingerprint density at radius 2 is 1.83 bits per heavy atom. The summed E-state index contributed by atoms with van der Waals surface area (Å²) in [6.45, 7) is 2.08. The third kappa shape index (κ3) is 4.04. The van der Waals surface area contributed by atoms with Crippen LogP contribution >= 0.6 is 11.8 Å². The number of benzene rings is 2. The third-order valence-electron chi connectivity index (χ3n) is 3.98. The summed E-state index contributed by atoms with van der Waals surface area (Å²) in [7, 11) is 0. The van der Waals surface area contributed by atoms with Crippen molar-refractivity contribution in [2.24, 2.45) is 10.2 Å². The maximum Gasteiger partial charge on any atom is 0.368 e. The summed E-state index contributed by atoms with van der Waals surface area (Å²) in [5.41, 5.74) is 0.509. The number of rotatable bonds is 6. The lowest BCUT2D eigenvalue weighted by molar-refractivity contribution is 0.466. The highest BCUT2D eigenvalue weighted by Gasteiger charge is 2.13. The van der Waals surface area contributed by atoms with Crippen LogP contribution in [0.25, 0.3) is 22.4 Å². The molecule has 4 aromatic rings. The maximum atomic E-state index is 12.1. The van der Waals surface area contributed by atoms with Crippen LogP contribution in [-0.4, -0.2) is 21.1 Å². The van der Waals surface area contributed by atoms with Gasteiger partial charge in [-0.1, -0.05) is 30.8 Å². The normalized spacial score (nSPS) is 11.5. The van der Waals surface area contributed by atoms with Gasteiger partial charge in [0.05, 0.1) is 11.1 Å². The average Bonchev–Trinajstić information content (AvgIpc) is 3.21. The van der Waals surface area contributed by atoms with Gasteiger partial charge in [0.2, 0.25) is 11.6 Å². The van der Waals surface area contributed by atoms with Gasteiger partial charge in [0.15, 0.2) is 5.75 Å². The summed E-state index contributed by atoms with van der Waals surface area (Å²) in [4.78, 5) is 12.1. The molecule has 0 spiro atoms. The highest BCUT2D eigenvalue weighted by molar-refractivity contribution is 7.99. The summed E-state index contributed by atoms with van der Waals surface area (Å²) < 4.78 is 10.8. The van der Waals surface area contributed by atoms with Crippen molar-refractivity contribution in [3.8, 4) is 17.2 Å². The van der Waals surface area contributed by atoms with Crippen molar-refractivity contribution in [1.82, 2.24) is 10.2 Å². The molecule has 0 aliphatic heterocycles. The molecule has 0 saturated heterocycles. The highest BCUT2D eigenvalue weighted by atomic mass is 32.2. The van der Waals surface area contributed by atoms with E-state index in [0.29, 0.717) is 22.2 Å². The number of para-hydroxylation sites is 1. The van der Waals surface area contributed by atoms with Crippen LogP contribution in [0.2, 0.25) is 0 Å². The van der Waals surface area contributed by atoms with E-state index >= 15 is 0 Å². The number of hydrogen-bond acceptors (Lipinski definition) is 9. The van der Waals surface area contributed by atoms with Gasteiger partial charge in [-0.05, 0) is 42.8 Å². The van der Waals surface area contributed by atoms with Gasteiger partial charge in [0.1, 0.15) is 5.58 Å². The largest absolute Gasteiger partial charge is 0.505 e. The van der Waals surface area contributed by atoms with Crippen LogP contribution < -0.4 is 5.63 Å². The van der Waals surface area contributed by atoms with Gasteiger partial charge in [0, 0.05) is 11.3 Å². The summed E-state index contributed by atoms with van der Waals surface area (Å²) >= 11 is 1.51. The molecule has 0 aliphatic rings. The smallest absolute Gasteiger partial charge is 0.368 e. The molecule has 2 aromatic carbocycles. The molecule has 0 unspecified atom stereocenters. The van der Waals surface area contributed by atoms with E-state index < -0.39 is 5.63 Å².